The van der Waals surface area contributed by atoms with Crippen LogP contribution in [0.15, 0.2) is 0 Å². The molecule has 0 radical (unpaired) electrons. The van der Waals surface area contributed by atoms with Gasteiger partial charge in [-0.2, -0.15) is 0 Å². The van der Waals surface area contributed by atoms with Crippen LogP contribution >= 0.6 is 0 Å². The van der Waals surface area contributed by atoms with E-state index >= 15 is 0 Å². The molecule has 0 fully saturated rings. The summed E-state index contributed by atoms with van der Waals surface area (Å²) in [4.78, 5) is 0. The van der Waals surface area contributed by atoms with Gasteiger partial charge in [-0.3, -0.25) is 0 Å². The molecule has 0 bridgehead atoms. The van der Waals surface area contributed by atoms with Crippen molar-refractivity contribution in [3.63, 3.8) is 0 Å². The van der Waals surface area contributed by atoms with E-state index in [1.807, 2.05) is 0 Å². The Hall–Kier alpha value is -0.0400. The minimum atomic E-state index is -0.0101. The predicted molar refractivity (Wildman–Crippen MR) is 58.9 cm³/mol. The molecular formula is C12H26O. The Kier molecular flexibility index (Phi) is 4.98. The lowest BCUT2D eigenvalue weighted by Crippen LogP contribution is -2.31. The largest absolute Gasteiger partial charge is 0.372 e. The van der Waals surface area contributed by atoms with Crippen LogP contribution in [0.5, 0.6) is 0 Å². The van der Waals surface area contributed by atoms with Gasteiger partial charge in [0.15, 0.2) is 0 Å². The Morgan fingerprint density at radius 3 is 1.69 bits per heavy atom. The summed E-state index contributed by atoms with van der Waals surface area (Å²) in [6.07, 6.45) is 1.56. The Labute approximate surface area is 83.9 Å². The van der Waals surface area contributed by atoms with E-state index in [1.54, 1.807) is 0 Å². The fourth-order valence-electron chi connectivity index (χ4n) is 1.38. The molecule has 0 aliphatic rings. The standard InChI is InChI=1S/C12H26O/c1-9(2)8-11(10(3)4)13-12(5,6)7/h9-11H,8H2,1-7H3. The van der Waals surface area contributed by atoms with E-state index < -0.39 is 0 Å². The molecule has 0 aromatic rings. The van der Waals surface area contributed by atoms with E-state index in [0.717, 1.165) is 12.3 Å². The van der Waals surface area contributed by atoms with Crippen molar-refractivity contribution in [2.24, 2.45) is 11.8 Å². The Bertz CT molecular complexity index is 131. The van der Waals surface area contributed by atoms with Crippen molar-refractivity contribution in [1.29, 1.82) is 0 Å². The fourth-order valence-corrected chi connectivity index (χ4v) is 1.38. The first-order valence-corrected chi connectivity index (χ1v) is 5.40. The molecule has 1 nitrogen and oxygen atoms in total. The van der Waals surface area contributed by atoms with Crippen LogP contribution in [-0.2, 0) is 4.74 Å². The minimum Gasteiger partial charge on any atom is -0.372 e. The van der Waals surface area contributed by atoms with Crippen LogP contribution in [-0.4, -0.2) is 11.7 Å². The lowest BCUT2D eigenvalue weighted by atomic mass is 9.96. The minimum absolute atomic E-state index is 0.0101. The van der Waals surface area contributed by atoms with Gasteiger partial charge in [-0.25, -0.2) is 0 Å². The second-order valence-corrected chi connectivity index (χ2v) is 5.64. The van der Waals surface area contributed by atoms with Crippen molar-refractivity contribution in [2.45, 2.75) is 66.6 Å². The highest BCUT2D eigenvalue weighted by atomic mass is 16.5. The SMILES string of the molecule is CC(C)CC(OC(C)(C)C)C(C)C. The Balaban J connectivity index is 4.11. The molecule has 0 N–H and O–H groups in total. The normalized spacial score (nSPS) is 15.5. The fraction of sp³-hybridized carbons (Fsp3) is 1.00. The number of hydrogen-bond acceptors (Lipinski definition) is 1. The van der Waals surface area contributed by atoms with Crippen molar-refractivity contribution < 1.29 is 4.74 Å². The van der Waals surface area contributed by atoms with Gasteiger partial charge < -0.3 is 4.74 Å². The highest BCUT2D eigenvalue weighted by Crippen LogP contribution is 2.22. The van der Waals surface area contributed by atoms with Gasteiger partial charge in [-0.1, -0.05) is 27.7 Å². The zero-order valence-corrected chi connectivity index (χ0v) is 10.3. The second kappa shape index (κ2) is 4.99. The van der Waals surface area contributed by atoms with Crippen molar-refractivity contribution in [3.8, 4) is 0 Å². The van der Waals surface area contributed by atoms with Crippen LogP contribution in [0, 0.1) is 11.8 Å². The van der Waals surface area contributed by atoms with Crippen LogP contribution < -0.4 is 0 Å². The van der Waals surface area contributed by atoms with E-state index in [-0.39, 0.29) is 5.60 Å². The van der Waals surface area contributed by atoms with Crippen molar-refractivity contribution >= 4 is 0 Å². The molecule has 80 valence electrons. The first kappa shape index (κ1) is 13.0. The van der Waals surface area contributed by atoms with Crippen molar-refractivity contribution in [2.75, 3.05) is 0 Å². The van der Waals surface area contributed by atoms with Gasteiger partial charge in [0.25, 0.3) is 0 Å². The molecule has 0 aliphatic heterocycles. The second-order valence-electron chi connectivity index (χ2n) is 5.64. The summed E-state index contributed by atoms with van der Waals surface area (Å²) < 4.78 is 6.01. The smallest absolute Gasteiger partial charge is 0.0607 e. The molecule has 0 aromatic carbocycles. The van der Waals surface area contributed by atoms with E-state index in [9.17, 15) is 0 Å². The first-order chi connectivity index (χ1) is 5.72. The third-order valence-corrected chi connectivity index (χ3v) is 1.95. The van der Waals surface area contributed by atoms with E-state index in [0.29, 0.717) is 12.0 Å². The number of rotatable bonds is 4. The summed E-state index contributed by atoms with van der Waals surface area (Å²) in [6, 6.07) is 0. The molecule has 1 heteroatoms. The van der Waals surface area contributed by atoms with E-state index in [4.69, 9.17) is 4.74 Å². The van der Waals surface area contributed by atoms with Gasteiger partial charge >= 0.3 is 0 Å². The molecule has 13 heavy (non-hydrogen) atoms. The monoisotopic (exact) mass is 186 g/mol. The Morgan fingerprint density at radius 2 is 1.46 bits per heavy atom. The quantitative estimate of drug-likeness (QED) is 0.647. The summed E-state index contributed by atoms with van der Waals surface area (Å²) in [6.45, 7) is 15.4. The predicted octanol–water partition coefficient (Wildman–Crippen LogP) is 3.87. The maximum absolute atomic E-state index is 6.01. The van der Waals surface area contributed by atoms with Gasteiger partial charge in [-0.15, -0.1) is 0 Å². The lowest BCUT2D eigenvalue weighted by Gasteiger charge is -2.31. The third kappa shape index (κ3) is 7.06. The average Bonchev–Trinajstić information content (AvgIpc) is 1.81. The molecular weight excluding hydrogens is 160 g/mol. The van der Waals surface area contributed by atoms with Crippen LogP contribution in [0.2, 0.25) is 0 Å². The highest BCUT2D eigenvalue weighted by Gasteiger charge is 2.22. The molecule has 0 amide bonds. The maximum Gasteiger partial charge on any atom is 0.0607 e. The van der Waals surface area contributed by atoms with Crippen LogP contribution in [0.25, 0.3) is 0 Å². The summed E-state index contributed by atoms with van der Waals surface area (Å²) in [5.74, 6) is 1.33. The zero-order valence-electron chi connectivity index (χ0n) is 10.3. The number of ether oxygens (including phenoxy) is 1. The summed E-state index contributed by atoms with van der Waals surface area (Å²) in [5.41, 5.74) is -0.0101. The summed E-state index contributed by atoms with van der Waals surface area (Å²) in [7, 11) is 0. The van der Waals surface area contributed by atoms with Gasteiger partial charge in [0.1, 0.15) is 0 Å². The maximum atomic E-state index is 6.01. The van der Waals surface area contributed by atoms with Crippen molar-refractivity contribution in [1.82, 2.24) is 0 Å². The summed E-state index contributed by atoms with van der Waals surface area (Å²) >= 11 is 0. The zero-order chi connectivity index (χ0) is 10.6. The highest BCUT2D eigenvalue weighted by molar-refractivity contribution is 4.70. The van der Waals surface area contributed by atoms with Gasteiger partial charge in [0.2, 0.25) is 0 Å². The summed E-state index contributed by atoms with van der Waals surface area (Å²) in [5, 5.41) is 0. The molecule has 0 aliphatic carbocycles. The molecule has 1 atom stereocenters. The topological polar surface area (TPSA) is 9.23 Å². The van der Waals surface area contributed by atoms with Gasteiger partial charge in [0.05, 0.1) is 11.7 Å². The molecule has 0 heterocycles. The molecule has 0 aromatic heterocycles. The molecule has 0 spiro atoms. The third-order valence-electron chi connectivity index (χ3n) is 1.95. The molecule has 1 unspecified atom stereocenters. The van der Waals surface area contributed by atoms with Crippen molar-refractivity contribution in [3.05, 3.63) is 0 Å². The van der Waals surface area contributed by atoms with Gasteiger partial charge in [-0.05, 0) is 39.0 Å². The van der Waals surface area contributed by atoms with E-state index in [2.05, 4.69) is 48.5 Å². The number of hydrogen-bond donors (Lipinski definition) is 0. The Morgan fingerprint density at radius 1 is 1.00 bits per heavy atom. The first-order valence-electron chi connectivity index (χ1n) is 5.40. The van der Waals surface area contributed by atoms with Crippen LogP contribution in [0.4, 0.5) is 0 Å². The molecule has 0 saturated heterocycles. The van der Waals surface area contributed by atoms with E-state index in [1.165, 1.54) is 0 Å². The van der Waals surface area contributed by atoms with Gasteiger partial charge in [0, 0.05) is 0 Å². The molecule has 0 saturated carbocycles. The van der Waals surface area contributed by atoms with Crippen LogP contribution in [0.1, 0.15) is 54.9 Å². The van der Waals surface area contributed by atoms with Crippen LogP contribution in [0.3, 0.4) is 0 Å². The molecule has 0 rings (SSSR count). The average molecular weight is 186 g/mol. The lowest BCUT2D eigenvalue weighted by molar-refractivity contribution is -0.0866.